The molecule has 1 aliphatic carbocycles. The van der Waals surface area contributed by atoms with E-state index >= 15 is 0 Å². The van der Waals surface area contributed by atoms with Gasteiger partial charge in [-0.1, -0.05) is 6.07 Å². The van der Waals surface area contributed by atoms with Gasteiger partial charge in [0.1, 0.15) is 0 Å². The summed E-state index contributed by atoms with van der Waals surface area (Å²) in [5.74, 6) is 0.228. The van der Waals surface area contributed by atoms with E-state index in [0.29, 0.717) is 18.0 Å². The lowest BCUT2D eigenvalue weighted by Gasteiger charge is -2.10. The summed E-state index contributed by atoms with van der Waals surface area (Å²) < 4.78 is 0. The highest BCUT2D eigenvalue weighted by Crippen LogP contribution is 2.32. The van der Waals surface area contributed by atoms with Crippen LogP contribution in [-0.2, 0) is 0 Å². The van der Waals surface area contributed by atoms with Gasteiger partial charge in [-0.25, -0.2) is 0 Å². The maximum absolute atomic E-state index is 12.0. The van der Waals surface area contributed by atoms with Gasteiger partial charge in [-0.15, -0.1) is 0 Å². The summed E-state index contributed by atoms with van der Waals surface area (Å²) in [5.41, 5.74) is 1.47. The molecule has 4 heteroatoms. The Balaban J connectivity index is 1.70. The summed E-state index contributed by atoms with van der Waals surface area (Å²) in [4.78, 5) is 16.2. The van der Waals surface area contributed by atoms with Crippen LogP contribution in [0.15, 0.2) is 36.5 Å². The lowest BCUT2D eigenvalue weighted by molar-refractivity contribution is 0.0901. The predicted molar refractivity (Wildman–Crippen MR) is 72.8 cm³/mol. The van der Waals surface area contributed by atoms with Gasteiger partial charge in [0.15, 0.2) is 0 Å². The number of aliphatic hydroxyl groups excluding tert-OH is 1. The molecule has 0 saturated heterocycles. The van der Waals surface area contributed by atoms with Crippen molar-refractivity contribution in [3.05, 3.63) is 42.1 Å². The summed E-state index contributed by atoms with van der Waals surface area (Å²) in [5, 5.41) is 13.4. The standard InChI is InChI=1S/C15H16N2O2/c18-14(10-3-4-10)9-17-15(19)12-5-6-13-11(8-12)2-1-7-16-13/h1-2,5-8,10,14,18H,3-4,9H2,(H,17,19). The molecule has 1 aromatic heterocycles. The van der Waals surface area contributed by atoms with Gasteiger partial charge in [-0.05, 0) is 43.0 Å². The van der Waals surface area contributed by atoms with Crippen LogP contribution in [0.2, 0.25) is 0 Å². The Morgan fingerprint density at radius 3 is 3.05 bits per heavy atom. The largest absolute Gasteiger partial charge is 0.391 e. The normalized spacial score (nSPS) is 16.3. The van der Waals surface area contributed by atoms with E-state index in [1.807, 2.05) is 24.3 Å². The second-order valence-corrected chi connectivity index (χ2v) is 5.03. The highest BCUT2D eigenvalue weighted by Gasteiger charge is 2.29. The van der Waals surface area contributed by atoms with E-state index in [9.17, 15) is 9.90 Å². The number of aromatic nitrogens is 1. The van der Waals surface area contributed by atoms with Crippen molar-refractivity contribution >= 4 is 16.8 Å². The van der Waals surface area contributed by atoms with Crippen LogP contribution >= 0.6 is 0 Å². The lowest BCUT2D eigenvalue weighted by Crippen LogP contribution is -2.33. The van der Waals surface area contributed by atoms with Crippen LogP contribution in [0.25, 0.3) is 10.9 Å². The number of fused-ring (bicyclic) bond motifs is 1. The molecular weight excluding hydrogens is 240 g/mol. The highest BCUT2D eigenvalue weighted by atomic mass is 16.3. The molecule has 98 valence electrons. The summed E-state index contributed by atoms with van der Waals surface area (Å²) in [6, 6.07) is 9.19. The molecular formula is C15H16N2O2. The third-order valence-corrected chi connectivity index (χ3v) is 3.50. The van der Waals surface area contributed by atoms with Crippen molar-refractivity contribution in [2.45, 2.75) is 18.9 Å². The van der Waals surface area contributed by atoms with E-state index in [4.69, 9.17) is 0 Å². The molecule has 1 saturated carbocycles. The molecule has 1 aromatic carbocycles. The molecule has 0 spiro atoms. The van der Waals surface area contributed by atoms with E-state index in [2.05, 4.69) is 10.3 Å². The number of amides is 1. The summed E-state index contributed by atoms with van der Waals surface area (Å²) >= 11 is 0. The van der Waals surface area contributed by atoms with E-state index in [1.54, 1.807) is 12.3 Å². The molecule has 19 heavy (non-hydrogen) atoms. The van der Waals surface area contributed by atoms with Gasteiger partial charge >= 0.3 is 0 Å². The Kier molecular flexibility index (Phi) is 3.17. The minimum absolute atomic E-state index is 0.148. The topological polar surface area (TPSA) is 62.2 Å². The average Bonchev–Trinajstić information content (AvgIpc) is 3.28. The zero-order valence-corrected chi connectivity index (χ0v) is 10.5. The maximum atomic E-state index is 12.0. The van der Waals surface area contributed by atoms with Crippen LogP contribution in [0, 0.1) is 5.92 Å². The van der Waals surface area contributed by atoms with Gasteiger partial charge in [0.05, 0.1) is 11.6 Å². The predicted octanol–water partition coefficient (Wildman–Crippen LogP) is 1.74. The van der Waals surface area contributed by atoms with E-state index < -0.39 is 6.10 Å². The molecule has 2 aromatic rings. The van der Waals surface area contributed by atoms with E-state index in [0.717, 1.165) is 23.7 Å². The van der Waals surface area contributed by atoms with Crippen molar-refractivity contribution in [1.29, 1.82) is 0 Å². The number of nitrogens with zero attached hydrogens (tertiary/aromatic N) is 1. The SMILES string of the molecule is O=C(NCC(O)C1CC1)c1ccc2ncccc2c1. The van der Waals surface area contributed by atoms with Crippen LogP contribution in [0.3, 0.4) is 0 Å². The van der Waals surface area contributed by atoms with Gasteiger partial charge in [0, 0.05) is 23.7 Å². The molecule has 2 N–H and O–H groups in total. The first-order valence-corrected chi connectivity index (χ1v) is 6.55. The molecule has 0 aliphatic heterocycles. The average molecular weight is 256 g/mol. The third-order valence-electron chi connectivity index (χ3n) is 3.50. The Labute approximate surface area is 111 Å². The van der Waals surface area contributed by atoms with Crippen molar-refractivity contribution < 1.29 is 9.90 Å². The minimum atomic E-state index is -0.411. The fourth-order valence-electron chi connectivity index (χ4n) is 2.16. The Morgan fingerprint density at radius 1 is 1.42 bits per heavy atom. The van der Waals surface area contributed by atoms with Crippen molar-refractivity contribution in [1.82, 2.24) is 10.3 Å². The van der Waals surface area contributed by atoms with Crippen LogP contribution in [-0.4, -0.2) is 28.6 Å². The number of carbonyl (C=O) groups excluding carboxylic acids is 1. The van der Waals surface area contributed by atoms with Crippen molar-refractivity contribution in [3.63, 3.8) is 0 Å². The molecule has 1 amide bonds. The molecule has 0 bridgehead atoms. The quantitative estimate of drug-likeness (QED) is 0.875. The lowest BCUT2D eigenvalue weighted by atomic mass is 10.1. The number of benzene rings is 1. The smallest absolute Gasteiger partial charge is 0.251 e. The molecule has 1 aliphatic rings. The number of carbonyl (C=O) groups is 1. The second-order valence-electron chi connectivity index (χ2n) is 5.03. The van der Waals surface area contributed by atoms with Crippen LogP contribution in [0.4, 0.5) is 0 Å². The fraction of sp³-hybridized carbons (Fsp3) is 0.333. The minimum Gasteiger partial charge on any atom is -0.391 e. The molecule has 3 rings (SSSR count). The highest BCUT2D eigenvalue weighted by molar-refractivity contribution is 5.97. The van der Waals surface area contributed by atoms with E-state index in [-0.39, 0.29) is 5.91 Å². The monoisotopic (exact) mass is 256 g/mol. The van der Waals surface area contributed by atoms with Gasteiger partial charge in [0.2, 0.25) is 0 Å². The summed E-state index contributed by atoms with van der Waals surface area (Å²) in [7, 11) is 0. The van der Waals surface area contributed by atoms with E-state index in [1.165, 1.54) is 0 Å². The second kappa shape index (κ2) is 4.97. The van der Waals surface area contributed by atoms with Gasteiger partial charge in [0.25, 0.3) is 5.91 Å². The molecule has 4 nitrogen and oxygen atoms in total. The third kappa shape index (κ3) is 2.74. The number of aliphatic hydroxyl groups is 1. The first-order chi connectivity index (χ1) is 9.24. The Morgan fingerprint density at radius 2 is 2.26 bits per heavy atom. The number of hydrogen-bond acceptors (Lipinski definition) is 3. The first-order valence-electron chi connectivity index (χ1n) is 6.55. The van der Waals surface area contributed by atoms with Gasteiger partial charge < -0.3 is 10.4 Å². The Bertz CT molecular complexity index is 608. The fourth-order valence-corrected chi connectivity index (χ4v) is 2.16. The summed E-state index contributed by atoms with van der Waals surface area (Å²) in [6.07, 6.45) is 3.46. The number of rotatable bonds is 4. The van der Waals surface area contributed by atoms with Gasteiger partial charge in [-0.3, -0.25) is 9.78 Å². The molecule has 1 fully saturated rings. The van der Waals surface area contributed by atoms with Crippen molar-refractivity contribution in [2.24, 2.45) is 5.92 Å². The Hall–Kier alpha value is -1.94. The van der Waals surface area contributed by atoms with Crippen molar-refractivity contribution in [2.75, 3.05) is 6.54 Å². The zero-order valence-electron chi connectivity index (χ0n) is 10.5. The molecule has 1 unspecified atom stereocenters. The first kappa shape index (κ1) is 12.1. The van der Waals surface area contributed by atoms with Crippen LogP contribution in [0.1, 0.15) is 23.2 Å². The summed E-state index contributed by atoms with van der Waals surface area (Å²) in [6.45, 7) is 0.328. The van der Waals surface area contributed by atoms with Crippen molar-refractivity contribution in [3.8, 4) is 0 Å². The maximum Gasteiger partial charge on any atom is 0.251 e. The number of hydrogen-bond donors (Lipinski definition) is 2. The number of pyridine rings is 1. The molecule has 1 atom stereocenters. The zero-order chi connectivity index (χ0) is 13.2. The van der Waals surface area contributed by atoms with Crippen LogP contribution < -0.4 is 5.32 Å². The molecule has 0 radical (unpaired) electrons. The van der Waals surface area contributed by atoms with Crippen LogP contribution in [0.5, 0.6) is 0 Å². The van der Waals surface area contributed by atoms with Gasteiger partial charge in [-0.2, -0.15) is 0 Å². The number of nitrogens with one attached hydrogen (secondary N) is 1. The molecule has 1 heterocycles.